The van der Waals surface area contributed by atoms with Crippen LogP contribution in [0.4, 0.5) is 0 Å². The van der Waals surface area contributed by atoms with Crippen LogP contribution in [-0.4, -0.2) is 10.9 Å². The van der Waals surface area contributed by atoms with E-state index in [9.17, 15) is 4.79 Å². The largest absolute Gasteiger partial charge is 0.441 e. The van der Waals surface area contributed by atoms with Crippen molar-refractivity contribution in [3.05, 3.63) is 76.8 Å². The van der Waals surface area contributed by atoms with E-state index < -0.39 is 0 Å². The third kappa shape index (κ3) is 4.71. The van der Waals surface area contributed by atoms with Crippen LogP contribution in [0.25, 0.3) is 11.3 Å². The van der Waals surface area contributed by atoms with Gasteiger partial charge in [-0.05, 0) is 42.0 Å². The number of aryl methyl sites for hydroxylation is 1. The van der Waals surface area contributed by atoms with Gasteiger partial charge in [0.05, 0.1) is 17.8 Å². The molecule has 0 aliphatic carbocycles. The zero-order valence-electron chi connectivity index (χ0n) is 13.9. The van der Waals surface area contributed by atoms with Gasteiger partial charge in [-0.25, -0.2) is 4.98 Å². The molecule has 1 amide bonds. The van der Waals surface area contributed by atoms with E-state index in [2.05, 4.69) is 16.4 Å². The van der Waals surface area contributed by atoms with Gasteiger partial charge >= 0.3 is 0 Å². The number of hydrogen-bond acceptors (Lipinski definition) is 4. The molecule has 1 heterocycles. The second-order valence-corrected chi connectivity index (χ2v) is 6.15. The Morgan fingerprint density at radius 2 is 2.04 bits per heavy atom. The van der Waals surface area contributed by atoms with Crippen LogP contribution < -0.4 is 5.32 Å². The summed E-state index contributed by atoms with van der Waals surface area (Å²) in [5.41, 5.74) is 2.35. The quantitative estimate of drug-likeness (QED) is 0.712. The minimum absolute atomic E-state index is 0.0985. The van der Waals surface area contributed by atoms with Crippen LogP contribution in [0.1, 0.15) is 23.4 Å². The number of carbonyl (C=O) groups excluding carboxylic acids is 1. The zero-order valence-corrected chi connectivity index (χ0v) is 14.7. The maximum absolute atomic E-state index is 12.0. The second kappa shape index (κ2) is 8.32. The first-order valence-electron chi connectivity index (χ1n) is 8.10. The first-order valence-corrected chi connectivity index (χ1v) is 8.48. The van der Waals surface area contributed by atoms with Crippen molar-refractivity contribution in [1.82, 2.24) is 10.3 Å². The first kappa shape index (κ1) is 17.7. The summed E-state index contributed by atoms with van der Waals surface area (Å²) >= 11 is 5.87. The highest BCUT2D eigenvalue weighted by molar-refractivity contribution is 6.30. The van der Waals surface area contributed by atoms with E-state index >= 15 is 0 Å². The maximum atomic E-state index is 12.0. The monoisotopic (exact) mass is 365 g/mol. The minimum atomic E-state index is -0.0985. The van der Waals surface area contributed by atoms with Crippen molar-refractivity contribution in [2.24, 2.45) is 0 Å². The summed E-state index contributed by atoms with van der Waals surface area (Å²) in [4.78, 5) is 16.2. The third-order valence-corrected chi connectivity index (χ3v) is 4.05. The van der Waals surface area contributed by atoms with E-state index in [1.54, 1.807) is 36.5 Å². The van der Waals surface area contributed by atoms with Gasteiger partial charge < -0.3 is 9.73 Å². The molecule has 0 saturated carbocycles. The van der Waals surface area contributed by atoms with Crippen LogP contribution in [0.3, 0.4) is 0 Å². The van der Waals surface area contributed by atoms with E-state index in [4.69, 9.17) is 21.3 Å². The van der Waals surface area contributed by atoms with Gasteiger partial charge in [0.25, 0.3) is 0 Å². The molecule has 26 heavy (non-hydrogen) atoms. The molecule has 0 atom stereocenters. The summed E-state index contributed by atoms with van der Waals surface area (Å²) < 4.78 is 5.68. The topological polar surface area (TPSA) is 78.9 Å². The lowest BCUT2D eigenvalue weighted by atomic mass is 10.1. The molecular formula is C20H16ClN3O2. The highest BCUT2D eigenvalue weighted by Crippen LogP contribution is 2.22. The molecule has 1 aromatic heterocycles. The molecule has 0 aliphatic heterocycles. The van der Waals surface area contributed by atoms with Crippen LogP contribution >= 0.6 is 11.6 Å². The first-order chi connectivity index (χ1) is 12.6. The molecule has 3 rings (SSSR count). The van der Waals surface area contributed by atoms with Gasteiger partial charge in [0.15, 0.2) is 11.7 Å². The Morgan fingerprint density at radius 3 is 2.81 bits per heavy atom. The minimum Gasteiger partial charge on any atom is -0.441 e. The number of benzene rings is 2. The van der Waals surface area contributed by atoms with Crippen molar-refractivity contribution < 1.29 is 9.21 Å². The van der Waals surface area contributed by atoms with E-state index in [1.807, 2.05) is 18.2 Å². The lowest BCUT2D eigenvalue weighted by Crippen LogP contribution is -2.23. The fraction of sp³-hybridized carbons (Fsp3) is 0.150. The van der Waals surface area contributed by atoms with Crippen molar-refractivity contribution in [2.45, 2.75) is 19.4 Å². The third-order valence-electron chi connectivity index (χ3n) is 3.79. The Balaban J connectivity index is 1.50. The Labute approximate surface area is 156 Å². The number of rotatable bonds is 6. The summed E-state index contributed by atoms with van der Waals surface area (Å²) in [6.45, 7) is 0.385. The van der Waals surface area contributed by atoms with Crippen molar-refractivity contribution in [3.63, 3.8) is 0 Å². The average molecular weight is 366 g/mol. The zero-order chi connectivity index (χ0) is 18.4. The molecule has 0 radical (unpaired) electrons. The summed E-state index contributed by atoms with van der Waals surface area (Å²) in [6.07, 6.45) is 2.33. The number of hydrogen-bond donors (Lipinski definition) is 1. The Hall–Kier alpha value is -3.10. The molecule has 0 fully saturated rings. The molecule has 6 heteroatoms. The fourth-order valence-corrected chi connectivity index (χ4v) is 2.56. The van der Waals surface area contributed by atoms with Crippen molar-refractivity contribution in [3.8, 4) is 17.4 Å². The molecule has 130 valence electrons. The van der Waals surface area contributed by atoms with Crippen molar-refractivity contribution in [2.75, 3.05) is 0 Å². The summed E-state index contributed by atoms with van der Waals surface area (Å²) in [7, 11) is 0. The molecule has 0 unspecified atom stereocenters. The summed E-state index contributed by atoms with van der Waals surface area (Å²) in [5.74, 6) is 1.06. The number of aromatic nitrogens is 1. The number of oxazole rings is 1. The van der Waals surface area contributed by atoms with Gasteiger partial charge in [-0.1, -0.05) is 23.7 Å². The number of amides is 1. The van der Waals surface area contributed by atoms with Gasteiger partial charge in [-0.2, -0.15) is 5.26 Å². The summed E-state index contributed by atoms with van der Waals surface area (Å²) in [6, 6.07) is 16.5. The molecule has 5 nitrogen and oxygen atoms in total. The van der Waals surface area contributed by atoms with Crippen LogP contribution in [-0.2, 0) is 17.8 Å². The van der Waals surface area contributed by atoms with Gasteiger partial charge in [-0.3, -0.25) is 4.79 Å². The lowest BCUT2D eigenvalue weighted by molar-refractivity contribution is -0.121. The number of carbonyl (C=O) groups is 1. The molecular weight excluding hydrogens is 350 g/mol. The number of nitrogens with one attached hydrogen (secondary N) is 1. The molecule has 0 bridgehead atoms. The van der Waals surface area contributed by atoms with E-state index in [0.29, 0.717) is 35.2 Å². The Bertz CT molecular complexity index is 942. The van der Waals surface area contributed by atoms with Crippen LogP contribution in [0.15, 0.2) is 59.1 Å². The highest BCUT2D eigenvalue weighted by Gasteiger charge is 2.09. The van der Waals surface area contributed by atoms with Crippen molar-refractivity contribution in [1.29, 1.82) is 5.26 Å². The molecule has 2 aromatic carbocycles. The van der Waals surface area contributed by atoms with E-state index in [0.717, 1.165) is 11.1 Å². The molecule has 0 aliphatic rings. The second-order valence-electron chi connectivity index (χ2n) is 5.71. The summed E-state index contributed by atoms with van der Waals surface area (Å²) in [5, 5.41) is 12.4. The van der Waals surface area contributed by atoms with Gasteiger partial charge in [0, 0.05) is 30.0 Å². The number of nitrogens with zero attached hydrogens (tertiary/aromatic N) is 2. The predicted molar refractivity (Wildman–Crippen MR) is 98.3 cm³/mol. The highest BCUT2D eigenvalue weighted by atomic mass is 35.5. The van der Waals surface area contributed by atoms with Gasteiger partial charge in [0.2, 0.25) is 5.91 Å². The Kier molecular flexibility index (Phi) is 5.67. The van der Waals surface area contributed by atoms with Crippen LogP contribution in [0, 0.1) is 11.3 Å². The lowest BCUT2D eigenvalue weighted by Gasteiger charge is -2.05. The predicted octanol–water partition coefficient (Wildman–Crippen LogP) is 4.12. The molecule has 1 N–H and O–H groups in total. The smallest absolute Gasteiger partial charge is 0.220 e. The molecule has 3 aromatic rings. The maximum Gasteiger partial charge on any atom is 0.220 e. The molecule has 0 saturated heterocycles. The Morgan fingerprint density at radius 1 is 1.23 bits per heavy atom. The number of nitriles is 1. The fourth-order valence-electron chi connectivity index (χ4n) is 2.43. The van der Waals surface area contributed by atoms with Crippen LogP contribution in [0.2, 0.25) is 5.02 Å². The average Bonchev–Trinajstić information content (AvgIpc) is 3.14. The van der Waals surface area contributed by atoms with Gasteiger partial charge in [0.1, 0.15) is 0 Å². The van der Waals surface area contributed by atoms with E-state index in [1.165, 1.54) is 0 Å². The standard InChI is InChI=1S/C20H16ClN3O2/c21-17-6-4-16(5-7-17)18-13-24-20(26-18)9-8-19(25)23-12-15-3-1-2-14(10-15)11-22/h1-7,10,13H,8-9,12H2,(H,23,25). The van der Waals surface area contributed by atoms with E-state index in [-0.39, 0.29) is 12.3 Å². The van der Waals surface area contributed by atoms with Gasteiger partial charge in [-0.15, -0.1) is 0 Å². The SMILES string of the molecule is N#Cc1cccc(CNC(=O)CCc2ncc(-c3ccc(Cl)cc3)o2)c1. The normalized spacial score (nSPS) is 10.3. The molecule has 0 spiro atoms. The van der Waals surface area contributed by atoms with Crippen molar-refractivity contribution >= 4 is 17.5 Å². The van der Waals surface area contributed by atoms with Crippen LogP contribution in [0.5, 0.6) is 0 Å². The number of halogens is 1.